The van der Waals surface area contributed by atoms with E-state index in [4.69, 9.17) is 0 Å². The Hall–Kier alpha value is -1.65. The van der Waals surface area contributed by atoms with E-state index >= 15 is 0 Å². The summed E-state index contributed by atoms with van der Waals surface area (Å²) >= 11 is 0. The zero-order chi connectivity index (χ0) is 15.9. The van der Waals surface area contributed by atoms with Gasteiger partial charge in [0.05, 0.1) is 0 Å². The number of nitrogens with one attached hydrogen (secondary N) is 1. The number of nitrogens with zero attached hydrogens (tertiary/aromatic N) is 2. The van der Waals surface area contributed by atoms with Gasteiger partial charge in [-0.05, 0) is 30.7 Å². The summed E-state index contributed by atoms with van der Waals surface area (Å²) in [7, 11) is 0. The lowest BCUT2D eigenvalue weighted by Crippen LogP contribution is -2.48. The van der Waals surface area contributed by atoms with Crippen molar-refractivity contribution in [2.45, 2.75) is 32.6 Å². The predicted molar refractivity (Wildman–Crippen MR) is 86.5 cm³/mol. The quantitative estimate of drug-likeness (QED) is 0.682. The van der Waals surface area contributed by atoms with E-state index in [1.54, 1.807) is 0 Å². The predicted octanol–water partition coefficient (Wildman–Crippen LogP) is 3.34. The average Bonchev–Trinajstić information content (AvgIpc) is 2.52. The topological polar surface area (TPSA) is 27.6 Å². The van der Waals surface area contributed by atoms with Crippen LogP contribution in [0.5, 0.6) is 0 Å². The van der Waals surface area contributed by atoms with E-state index in [2.05, 4.69) is 46.4 Å². The number of alkyl halides is 2. The zero-order valence-corrected chi connectivity index (χ0v) is 13.3. The van der Waals surface area contributed by atoms with Crippen molar-refractivity contribution in [2.24, 2.45) is 10.9 Å². The van der Waals surface area contributed by atoms with Crippen molar-refractivity contribution >= 4 is 5.96 Å². The second-order valence-corrected chi connectivity index (χ2v) is 5.81. The minimum atomic E-state index is -2.40. The summed E-state index contributed by atoms with van der Waals surface area (Å²) in [4.78, 5) is 6.16. The van der Waals surface area contributed by atoms with E-state index in [-0.39, 0.29) is 0 Å². The van der Waals surface area contributed by atoms with Crippen molar-refractivity contribution in [1.82, 2.24) is 10.2 Å². The van der Waals surface area contributed by atoms with E-state index in [1.807, 2.05) is 13.0 Å². The van der Waals surface area contributed by atoms with Gasteiger partial charge in [0.2, 0.25) is 0 Å². The Morgan fingerprint density at radius 1 is 1.36 bits per heavy atom. The molecule has 2 rings (SSSR count). The van der Waals surface area contributed by atoms with Gasteiger partial charge in [-0.1, -0.05) is 37.3 Å². The monoisotopic (exact) mass is 309 g/mol. The van der Waals surface area contributed by atoms with Gasteiger partial charge in [0.1, 0.15) is 6.54 Å². The Kier molecular flexibility index (Phi) is 6.16. The van der Waals surface area contributed by atoms with E-state index < -0.39 is 13.0 Å². The van der Waals surface area contributed by atoms with Gasteiger partial charge in [0.25, 0.3) is 6.43 Å². The lowest BCUT2D eigenvalue weighted by molar-refractivity contribution is 0.157. The fourth-order valence-corrected chi connectivity index (χ4v) is 3.11. The van der Waals surface area contributed by atoms with Crippen LogP contribution in [0.15, 0.2) is 35.3 Å². The van der Waals surface area contributed by atoms with Gasteiger partial charge in [-0.3, -0.25) is 0 Å². The molecule has 1 aromatic rings. The number of likely N-dealkylation sites (tertiary alicyclic amines) is 1. The van der Waals surface area contributed by atoms with Crippen molar-refractivity contribution in [1.29, 1.82) is 0 Å². The summed E-state index contributed by atoms with van der Waals surface area (Å²) < 4.78 is 24.8. The molecule has 1 heterocycles. The Balaban J connectivity index is 2.02. The van der Waals surface area contributed by atoms with Gasteiger partial charge in [0, 0.05) is 19.6 Å². The number of guanidine groups is 1. The molecule has 0 saturated carbocycles. The van der Waals surface area contributed by atoms with Crippen LogP contribution < -0.4 is 5.32 Å². The SMILES string of the molecule is CCNC(=NCC(F)F)N1CCC(c2ccccc2)C(C)C1. The van der Waals surface area contributed by atoms with Gasteiger partial charge >= 0.3 is 0 Å². The van der Waals surface area contributed by atoms with Crippen molar-refractivity contribution < 1.29 is 8.78 Å². The average molecular weight is 309 g/mol. The smallest absolute Gasteiger partial charge is 0.257 e. The van der Waals surface area contributed by atoms with Gasteiger partial charge in [0.15, 0.2) is 5.96 Å². The Morgan fingerprint density at radius 3 is 2.68 bits per heavy atom. The van der Waals surface area contributed by atoms with Crippen LogP contribution in [-0.2, 0) is 0 Å². The van der Waals surface area contributed by atoms with Crippen LogP contribution >= 0.6 is 0 Å². The molecular formula is C17H25F2N3. The Bertz CT molecular complexity index is 476. The number of hydrogen-bond donors (Lipinski definition) is 1. The molecule has 0 amide bonds. The first-order chi connectivity index (χ1) is 10.6. The van der Waals surface area contributed by atoms with Crippen molar-refractivity contribution in [2.75, 3.05) is 26.2 Å². The first-order valence-corrected chi connectivity index (χ1v) is 7.98. The highest BCUT2D eigenvalue weighted by molar-refractivity contribution is 5.80. The van der Waals surface area contributed by atoms with Crippen LogP contribution in [0.4, 0.5) is 8.78 Å². The molecule has 1 aromatic carbocycles. The number of aliphatic imine (C=N–C) groups is 1. The molecule has 0 aromatic heterocycles. The minimum absolute atomic E-state index is 0.435. The third kappa shape index (κ3) is 4.42. The van der Waals surface area contributed by atoms with Crippen molar-refractivity contribution in [3.05, 3.63) is 35.9 Å². The Labute approximate surface area is 131 Å². The molecule has 1 N–H and O–H groups in total. The number of piperidine rings is 1. The fraction of sp³-hybridized carbons (Fsp3) is 0.588. The van der Waals surface area contributed by atoms with Crippen LogP contribution in [0.1, 0.15) is 31.7 Å². The molecule has 1 aliphatic rings. The maximum atomic E-state index is 12.4. The normalized spacial score (nSPS) is 23.0. The molecular weight excluding hydrogens is 284 g/mol. The summed E-state index contributed by atoms with van der Waals surface area (Å²) in [6.07, 6.45) is -1.38. The molecule has 1 aliphatic heterocycles. The van der Waals surface area contributed by atoms with Crippen LogP contribution in [0.3, 0.4) is 0 Å². The number of rotatable bonds is 4. The summed E-state index contributed by atoms with van der Waals surface area (Å²) in [6, 6.07) is 10.5. The molecule has 1 fully saturated rings. The second kappa shape index (κ2) is 8.11. The number of hydrogen-bond acceptors (Lipinski definition) is 1. The number of halogens is 2. The lowest BCUT2D eigenvalue weighted by atomic mass is 9.82. The molecule has 0 spiro atoms. The number of benzene rings is 1. The van der Waals surface area contributed by atoms with E-state index in [0.717, 1.165) is 19.5 Å². The Morgan fingerprint density at radius 2 is 2.09 bits per heavy atom. The molecule has 0 radical (unpaired) electrons. The highest BCUT2D eigenvalue weighted by Crippen LogP contribution is 2.32. The summed E-state index contributed by atoms with van der Waals surface area (Å²) in [5.41, 5.74) is 1.36. The summed E-state index contributed by atoms with van der Waals surface area (Å²) in [5.74, 6) is 1.60. The zero-order valence-electron chi connectivity index (χ0n) is 13.3. The van der Waals surface area contributed by atoms with Gasteiger partial charge in [-0.2, -0.15) is 0 Å². The van der Waals surface area contributed by atoms with Crippen molar-refractivity contribution in [3.63, 3.8) is 0 Å². The third-order valence-electron chi connectivity index (χ3n) is 4.15. The summed E-state index contributed by atoms with van der Waals surface area (Å²) in [5, 5.41) is 3.13. The first-order valence-electron chi connectivity index (χ1n) is 7.98. The maximum Gasteiger partial charge on any atom is 0.257 e. The van der Waals surface area contributed by atoms with Crippen LogP contribution in [0.25, 0.3) is 0 Å². The molecule has 2 unspecified atom stereocenters. The molecule has 122 valence electrons. The molecule has 0 aliphatic carbocycles. The second-order valence-electron chi connectivity index (χ2n) is 5.81. The molecule has 3 nitrogen and oxygen atoms in total. The summed E-state index contributed by atoms with van der Waals surface area (Å²) in [6.45, 7) is 6.12. The molecule has 22 heavy (non-hydrogen) atoms. The highest BCUT2D eigenvalue weighted by Gasteiger charge is 2.28. The van der Waals surface area contributed by atoms with Gasteiger partial charge in [-0.25, -0.2) is 13.8 Å². The fourth-order valence-electron chi connectivity index (χ4n) is 3.11. The highest BCUT2D eigenvalue weighted by atomic mass is 19.3. The van der Waals surface area contributed by atoms with Gasteiger partial charge in [-0.15, -0.1) is 0 Å². The van der Waals surface area contributed by atoms with Crippen LogP contribution in [-0.4, -0.2) is 43.5 Å². The molecule has 2 atom stereocenters. The van der Waals surface area contributed by atoms with Crippen LogP contribution in [0.2, 0.25) is 0 Å². The molecule has 1 saturated heterocycles. The van der Waals surface area contributed by atoms with E-state index in [9.17, 15) is 8.78 Å². The lowest BCUT2D eigenvalue weighted by Gasteiger charge is -2.39. The minimum Gasteiger partial charge on any atom is -0.357 e. The van der Waals surface area contributed by atoms with Gasteiger partial charge < -0.3 is 10.2 Å². The maximum absolute atomic E-state index is 12.4. The largest absolute Gasteiger partial charge is 0.357 e. The molecule has 5 heteroatoms. The third-order valence-corrected chi connectivity index (χ3v) is 4.15. The van der Waals surface area contributed by atoms with E-state index in [1.165, 1.54) is 5.56 Å². The van der Waals surface area contributed by atoms with Crippen LogP contribution in [0, 0.1) is 5.92 Å². The van der Waals surface area contributed by atoms with E-state index in [0.29, 0.717) is 24.3 Å². The standard InChI is InChI=1S/C17H25F2N3/c1-3-20-17(21-11-16(18)19)22-10-9-15(13(2)12-22)14-7-5-4-6-8-14/h4-8,13,15-16H,3,9-12H2,1-2H3,(H,20,21). The molecule has 0 bridgehead atoms. The van der Waals surface area contributed by atoms with Crippen molar-refractivity contribution in [3.8, 4) is 0 Å². The first kappa shape index (κ1) is 16.7.